The van der Waals surface area contributed by atoms with Gasteiger partial charge in [0.2, 0.25) is 0 Å². The Bertz CT molecular complexity index is 915. The third kappa shape index (κ3) is 3.38. The Morgan fingerprint density at radius 1 is 1.16 bits per heavy atom. The highest BCUT2D eigenvalue weighted by atomic mass is 19.1. The molecule has 0 aliphatic carbocycles. The summed E-state index contributed by atoms with van der Waals surface area (Å²) in [6, 6.07) is 9.58. The summed E-state index contributed by atoms with van der Waals surface area (Å²) < 4.78 is 19.6. The van der Waals surface area contributed by atoms with E-state index in [4.69, 9.17) is 16.2 Å². The van der Waals surface area contributed by atoms with Gasteiger partial charge in [-0.25, -0.2) is 4.39 Å². The van der Waals surface area contributed by atoms with Crippen molar-refractivity contribution >= 4 is 17.4 Å². The molecule has 0 aromatic heterocycles. The van der Waals surface area contributed by atoms with Crippen LogP contribution in [0.3, 0.4) is 0 Å². The fraction of sp³-hybridized carbons (Fsp3) is 0.158. The highest BCUT2D eigenvalue weighted by molar-refractivity contribution is 6.03. The highest BCUT2D eigenvalue weighted by Crippen LogP contribution is 2.38. The second-order valence-electron chi connectivity index (χ2n) is 5.92. The summed E-state index contributed by atoms with van der Waals surface area (Å²) in [5, 5.41) is 0. The zero-order valence-corrected chi connectivity index (χ0v) is 13.9. The molecule has 0 spiro atoms. The summed E-state index contributed by atoms with van der Waals surface area (Å²) in [6.45, 7) is 3.81. The van der Waals surface area contributed by atoms with Crippen molar-refractivity contribution in [3.8, 4) is 5.75 Å². The van der Waals surface area contributed by atoms with Gasteiger partial charge < -0.3 is 16.2 Å². The van der Waals surface area contributed by atoms with E-state index in [1.807, 2.05) is 19.9 Å². The van der Waals surface area contributed by atoms with Crippen LogP contribution in [0.15, 0.2) is 47.5 Å². The number of carbonyl (C=O) groups is 1. The summed E-state index contributed by atoms with van der Waals surface area (Å²) in [4.78, 5) is 15.7. The van der Waals surface area contributed by atoms with Gasteiger partial charge in [-0.2, -0.15) is 4.99 Å². The average molecular weight is 339 g/mol. The zero-order chi connectivity index (χ0) is 18.1. The van der Waals surface area contributed by atoms with E-state index in [2.05, 4.69) is 4.99 Å². The Kier molecular flexibility index (Phi) is 4.27. The first-order valence-corrected chi connectivity index (χ1v) is 7.78. The number of hydrogen-bond acceptors (Lipinski definition) is 2. The minimum absolute atomic E-state index is 0.176. The molecular formula is C19H18FN3O2. The van der Waals surface area contributed by atoms with Crippen molar-refractivity contribution < 1.29 is 13.9 Å². The van der Waals surface area contributed by atoms with E-state index in [1.54, 1.807) is 24.3 Å². The van der Waals surface area contributed by atoms with E-state index >= 15 is 0 Å². The second-order valence-corrected chi connectivity index (χ2v) is 5.92. The maximum absolute atomic E-state index is 13.8. The molecular weight excluding hydrogens is 321 g/mol. The Morgan fingerprint density at radius 3 is 2.64 bits per heavy atom. The molecule has 0 fully saturated rings. The van der Waals surface area contributed by atoms with Gasteiger partial charge in [-0.15, -0.1) is 0 Å². The molecule has 0 saturated heterocycles. The van der Waals surface area contributed by atoms with Crippen molar-refractivity contribution in [1.82, 2.24) is 0 Å². The first-order chi connectivity index (χ1) is 11.8. The molecule has 5 nitrogen and oxygen atoms in total. The largest absolute Gasteiger partial charge is 0.486 e. The van der Waals surface area contributed by atoms with E-state index in [0.29, 0.717) is 16.9 Å². The van der Waals surface area contributed by atoms with Gasteiger partial charge >= 0.3 is 0 Å². The number of fused-ring (bicyclic) bond motifs is 1. The summed E-state index contributed by atoms with van der Waals surface area (Å²) in [7, 11) is 0. The molecule has 1 aliphatic heterocycles. The third-order valence-electron chi connectivity index (χ3n) is 3.95. The standard InChI is InChI=1S/C19H18FN3O2/c1-10-3-5-13(20)9-14(10)15-7-11(2)25-17-6-4-12(8-16(15)17)18(24)23-19(21)22/h3-9,11H,1-2H3,(H4,21,22,23,24). The van der Waals surface area contributed by atoms with Crippen molar-refractivity contribution in [1.29, 1.82) is 0 Å². The molecule has 3 rings (SSSR count). The lowest BCUT2D eigenvalue weighted by atomic mass is 9.90. The topological polar surface area (TPSA) is 90.7 Å². The molecule has 0 radical (unpaired) electrons. The predicted molar refractivity (Wildman–Crippen MR) is 94.9 cm³/mol. The quantitative estimate of drug-likeness (QED) is 0.650. The number of ether oxygens (including phenoxy) is 1. The maximum Gasteiger partial charge on any atom is 0.280 e. The number of nitrogens with zero attached hydrogens (tertiary/aromatic N) is 1. The Hall–Kier alpha value is -3.15. The molecule has 0 saturated carbocycles. The van der Waals surface area contributed by atoms with Gasteiger partial charge in [0.1, 0.15) is 17.7 Å². The lowest BCUT2D eigenvalue weighted by molar-refractivity contribution is 0.100. The smallest absolute Gasteiger partial charge is 0.280 e. The summed E-state index contributed by atoms with van der Waals surface area (Å²) in [5.41, 5.74) is 14.1. The molecule has 1 atom stereocenters. The van der Waals surface area contributed by atoms with Gasteiger partial charge in [0.25, 0.3) is 5.91 Å². The molecule has 1 aliphatic rings. The molecule has 4 N–H and O–H groups in total. The molecule has 1 amide bonds. The SMILES string of the molecule is Cc1ccc(F)cc1C1=CC(C)Oc2ccc(C(=O)N=C(N)N)cc21. The van der Waals surface area contributed by atoms with Crippen molar-refractivity contribution in [3.63, 3.8) is 0 Å². The highest BCUT2D eigenvalue weighted by Gasteiger charge is 2.22. The average Bonchev–Trinajstić information content (AvgIpc) is 2.55. The Morgan fingerprint density at radius 2 is 1.92 bits per heavy atom. The summed E-state index contributed by atoms with van der Waals surface area (Å²) in [5.74, 6) is -0.550. The van der Waals surface area contributed by atoms with E-state index in [0.717, 1.165) is 16.7 Å². The number of aliphatic imine (C=N–C) groups is 1. The van der Waals surface area contributed by atoms with Crippen LogP contribution in [0.25, 0.3) is 5.57 Å². The van der Waals surface area contributed by atoms with Crippen LogP contribution in [0.4, 0.5) is 4.39 Å². The van der Waals surface area contributed by atoms with E-state index in [9.17, 15) is 9.18 Å². The first-order valence-electron chi connectivity index (χ1n) is 7.78. The van der Waals surface area contributed by atoms with Crippen LogP contribution in [0.5, 0.6) is 5.75 Å². The third-order valence-corrected chi connectivity index (χ3v) is 3.95. The van der Waals surface area contributed by atoms with Crippen molar-refractivity contribution in [2.24, 2.45) is 16.5 Å². The molecule has 2 aromatic carbocycles. The number of carbonyl (C=O) groups excluding carboxylic acids is 1. The number of aryl methyl sites for hydroxylation is 1. The number of amides is 1. The van der Waals surface area contributed by atoms with E-state index in [1.165, 1.54) is 12.1 Å². The maximum atomic E-state index is 13.8. The van der Waals surface area contributed by atoms with Crippen LogP contribution in [-0.2, 0) is 0 Å². The Balaban J connectivity index is 2.15. The lowest BCUT2D eigenvalue weighted by Crippen LogP contribution is -2.24. The van der Waals surface area contributed by atoms with Crippen LogP contribution >= 0.6 is 0 Å². The monoisotopic (exact) mass is 339 g/mol. The molecule has 1 unspecified atom stereocenters. The zero-order valence-electron chi connectivity index (χ0n) is 13.9. The normalized spacial score (nSPS) is 15.6. The van der Waals surface area contributed by atoms with Crippen LogP contribution in [0, 0.1) is 12.7 Å². The minimum Gasteiger partial charge on any atom is -0.486 e. The number of rotatable bonds is 2. The number of halogens is 1. The first kappa shape index (κ1) is 16.7. The second kappa shape index (κ2) is 6.39. The number of benzene rings is 2. The molecule has 128 valence electrons. The van der Waals surface area contributed by atoms with Crippen molar-refractivity contribution in [2.45, 2.75) is 20.0 Å². The molecule has 6 heteroatoms. The number of nitrogens with two attached hydrogens (primary N) is 2. The fourth-order valence-corrected chi connectivity index (χ4v) is 2.84. The van der Waals surface area contributed by atoms with E-state index < -0.39 is 5.91 Å². The lowest BCUT2D eigenvalue weighted by Gasteiger charge is -2.24. The van der Waals surface area contributed by atoms with Crippen LogP contribution in [-0.4, -0.2) is 18.0 Å². The number of guanidine groups is 1. The number of hydrogen-bond donors (Lipinski definition) is 2. The van der Waals surface area contributed by atoms with Gasteiger partial charge in [-0.3, -0.25) is 4.79 Å². The molecule has 0 bridgehead atoms. The Labute approximate surface area is 144 Å². The minimum atomic E-state index is -0.545. The van der Waals surface area contributed by atoms with E-state index in [-0.39, 0.29) is 17.9 Å². The van der Waals surface area contributed by atoms with Gasteiger partial charge in [-0.05, 0) is 67.0 Å². The van der Waals surface area contributed by atoms with Crippen LogP contribution in [0.2, 0.25) is 0 Å². The molecule has 2 aromatic rings. The van der Waals surface area contributed by atoms with Gasteiger partial charge in [0, 0.05) is 11.1 Å². The molecule has 25 heavy (non-hydrogen) atoms. The molecule has 1 heterocycles. The van der Waals surface area contributed by atoms with Gasteiger partial charge in [0.15, 0.2) is 5.96 Å². The van der Waals surface area contributed by atoms with Crippen molar-refractivity contribution in [2.75, 3.05) is 0 Å². The summed E-state index contributed by atoms with van der Waals surface area (Å²) in [6.07, 6.45) is 1.73. The van der Waals surface area contributed by atoms with Crippen LogP contribution in [0.1, 0.15) is 34.0 Å². The van der Waals surface area contributed by atoms with Gasteiger partial charge in [0.05, 0.1) is 0 Å². The van der Waals surface area contributed by atoms with Gasteiger partial charge in [-0.1, -0.05) is 6.07 Å². The van der Waals surface area contributed by atoms with Crippen molar-refractivity contribution in [3.05, 3.63) is 70.5 Å². The predicted octanol–water partition coefficient (Wildman–Crippen LogP) is 2.76. The van der Waals surface area contributed by atoms with Crippen LogP contribution < -0.4 is 16.2 Å². The summed E-state index contributed by atoms with van der Waals surface area (Å²) >= 11 is 0. The fourth-order valence-electron chi connectivity index (χ4n) is 2.84.